The number of nitrogens with one attached hydrogen (secondary N) is 1. The number of hydrogen-bond acceptors (Lipinski definition) is 3. The number of aliphatic hydroxyl groups excluding tert-OH is 1. The summed E-state index contributed by atoms with van der Waals surface area (Å²) in [4.78, 5) is 2.48. The molecule has 96 valence electrons. The summed E-state index contributed by atoms with van der Waals surface area (Å²) in [6, 6.07) is 0.902. The molecule has 1 rings (SSSR count). The Morgan fingerprint density at radius 1 is 1.38 bits per heavy atom. The van der Waals surface area contributed by atoms with E-state index in [0.717, 1.165) is 19.6 Å². The zero-order valence-electron chi connectivity index (χ0n) is 11.1. The molecule has 1 fully saturated rings. The van der Waals surface area contributed by atoms with Crippen LogP contribution in [0.3, 0.4) is 0 Å². The zero-order chi connectivity index (χ0) is 12.0. The smallest absolute Gasteiger partial charge is 0.0664 e. The van der Waals surface area contributed by atoms with Crippen LogP contribution < -0.4 is 5.32 Å². The summed E-state index contributed by atoms with van der Waals surface area (Å²) in [6.07, 6.45) is 4.85. The highest BCUT2D eigenvalue weighted by Crippen LogP contribution is 2.20. The quantitative estimate of drug-likeness (QED) is 0.678. The van der Waals surface area contributed by atoms with E-state index in [1.807, 2.05) is 6.92 Å². The van der Waals surface area contributed by atoms with Crippen LogP contribution in [0.1, 0.15) is 46.5 Å². The fourth-order valence-electron chi connectivity index (χ4n) is 2.50. The van der Waals surface area contributed by atoms with Gasteiger partial charge in [0.05, 0.1) is 6.10 Å². The van der Waals surface area contributed by atoms with Gasteiger partial charge in [-0.15, -0.1) is 0 Å². The maximum Gasteiger partial charge on any atom is 0.0664 e. The number of likely N-dealkylation sites (tertiary alicyclic amines) is 1. The van der Waals surface area contributed by atoms with Gasteiger partial charge in [-0.25, -0.2) is 0 Å². The Hall–Kier alpha value is -0.120. The van der Waals surface area contributed by atoms with Gasteiger partial charge in [0.25, 0.3) is 0 Å². The molecule has 0 aromatic heterocycles. The molecular weight excluding hydrogens is 200 g/mol. The topological polar surface area (TPSA) is 35.5 Å². The van der Waals surface area contributed by atoms with Gasteiger partial charge in [0.15, 0.2) is 0 Å². The molecule has 16 heavy (non-hydrogen) atoms. The summed E-state index contributed by atoms with van der Waals surface area (Å²) in [6.45, 7) is 9.56. The van der Waals surface area contributed by atoms with Gasteiger partial charge in [0.2, 0.25) is 0 Å². The third-order valence-electron chi connectivity index (χ3n) is 3.70. The summed E-state index contributed by atoms with van der Waals surface area (Å²) >= 11 is 0. The van der Waals surface area contributed by atoms with Gasteiger partial charge in [-0.3, -0.25) is 4.90 Å². The van der Waals surface area contributed by atoms with E-state index in [1.165, 1.54) is 25.7 Å². The summed E-state index contributed by atoms with van der Waals surface area (Å²) in [5, 5.41) is 13.2. The van der Waals surface area contributed by atoms with Gasteiger partial charge >= 0.3 is 0 Å². The standard InChI is InChI=1S/C13H28N2O/c1-4-8-14-10-13-7-5-6-9-15(13)11(2)12(3)16/h11-14,16H,4-10H2,1-3H3. The van der Waals surface area contributed by atoms with E-state index >= 15 is 0 Å². The van der Waals surface area contributed by atoms with E-state index in [2.05, 4.69) is 24.1 Å². The Labute approximate surface area is 100 Å². The van der Waals surface area contributed by atoms with Gasteiger partial charge in [-0.05, 0) is 46.2 Å². The van der Waals surface area contributed by atoms with Crippen molar-refractivity contribution in [1.82, 2.24) is 10.2 Å². The lowest BCUT2D eigenvalue weighted by atomic mass is 9.98. The van der Waals surface area contributed by atoms with E-state index in [4.69, 9.17) is 0 Å². The third kappa shape index (κ3) is 4.04. The molecule has 0 aromatic carbocycles. The van der Waals surface area contributed by atoms with Crippen molar-refractivity contribution in [3.05, 3.63) is 0 Å². The molecular formula is C13H28N2O. The van der Waals surface area contributed by atoms with Gasteiger partial charge in [-0.2, -0.15) is 0 Å². The molecule has 0 aromatic rings. The van der Waals surface area contributed by atoms with Crippen molar-refractivity contribution < 1.29 is 5.11 Å². The third-order valence-corrected chi connectivity index (χ3v) is 3.70. The van der Waals surface area contributed by atoms with Crippen LogP contribution in [0, 0.1) is 0 Å². The Kier molecular flexibility index (Phi) is 6.32. The van der Waals surface area contributed by atoms with Crippen LogP contribution in [-0.2, 0) is 0 Å². The maximum atomic E-state index is 9.70. The largest absolute Gasteiger partial charge is 0.392 e. The van der Waals surface area contributed by atoms with Crippen molar-refractivity contribution in [2.45, 2.75) is 64.6 Å². The molecule has 0 amide bonds. The first-order valence-electron chi connectivity index (χ1n) is 6.81. The molecule has 1 aliphatic heterocycles. The summed E-state index contributed by atoms with van der Waals surface area (Å²) in [5.41, 5.74) is 0. The van der Waals surface area contributed by atoms with Crippen LogP contribution in [0.2, 0.25) is 0 Å². The summed E-state index contributed by atoms with van der Waals surface area (Å²) in [5.74, 6) is 0. The van der Waals surface area contributed by atoms with E-state index in [0.29, 0.717) is 6.04 Å². The highest BCUT2D eigenvalue weighted by molar-refractivity contribution is 4.84. The number of hydrogen-bond donors (Lipinski definition) is 2. The van der Waals surface area contributed by atoms with E-state index in [9.17, 15) is 5.11 Å². The highest BCUT2D eigenvalue weighted by Gasteiger charge is 2.28. The normalized spacial score (nSPS) is 26.6. The SMILES string of the molecule is CCCNCC1CCCCN1C(C)C(C)O. The monoisotopic (exact) mass is 228 g/mol. The van der Waals surface area contributed by atoms with Crippen molar-refractivity contribution >= 4 is 0 Å². The molecule has 0 bridgehead atoms. The number of rotatable bonds is 6. The number of piperidine rings is 1. The van der Waals surface area contributed by atoms with Crippen LogP contribution in [0.4, 0.5) is 0 Å². The first kappa shape index (κ1) is 13.9. The minimum Gasteiger partial charge on any atom is -0.392 e. The van der Waals surface area contributed by atoms with E-state index < -0.39 is 0 Å². The molecule has 3 unspecified atom stereocenters. The second-order valence-corrected chi connectivity index (χ2v) is 5.07. The lowest BCUT2D eigenvalue weighted by Gasteiger charge is -2.41. The molecule has 3 nitrogen and oxygen atoms in total. The first-order chi connectivity index (χ1) is 7.66. The van der Waals surface area contributed by atoms with Crippen molar-refractivity contribution in [3.8, 4) is 0 Å². The lowest BCUT2D eigenvalue weighted by molar-refractivity contribution is 0.0251. The molecule has 3 atom stereocenters. The van der Waals surface area contributed by atoms with Gasteiger partial charge in [0.1, 0.15) is 0 Å². The van der Waals surface area contributed by atoms with Crippen molar-refractivity contribution in [1.29, 1.82) is 0 Å². The van der Waals surface area contributed by atoms with Crippen LogP contribution in [0.5, 0.6) is 0 Å². The van der Waals surface area contributed by atoms with Gasteiger partial charge in [0, 0.05) is 18.6 Å². The van der Waals surface area contributed by atoms with E-state index in [1.54, 1.807) is 0 Å². The molecule has 2 N–H and O–H groups in total. The molecule has 1 aliphatic rings. The molecule has 0 radical (unpaired) electrons. The maximum absolute atomic E-state index is 9.70. The Morgan fingerprint density at radius 3 is 2.75 bits per heavy atom. The van der Waals surface area contributed by atoms with Crippen LogP contribution >= 0.6 is 0 Å². The van der Waals surface area contributed by atoms with E-state index in [-0.39, 0.29) is 12.1 Å². The number of aliphatic hydroxyl groups is 1. The number of nitrogens with zero attached hydrogens (tertiary/aromatic N) is 1. The lowest BCUT2D eigenvalue weighted by Crippen LogP contribution is -2.52. The van der Waals surface area contributed by atoms with Crippen LogP contribution in [0.15, 0.2) is 0 Å². The zero-order valence-corrected chi connectivity index (χ0v) is 11.1. The van der Waals surface area contributed by atoms with Crippen LogP contribution in [0.25, 0.3) is 0 Å². The minimum absolute atomic E-state index is 0.230. The van der Waals surface area contributed by atoms with Crippen molar-refractivity contribution in [3.63, 3.8) is 0 Å². The minimum atomic E-state index is -0.230. The molecule has 1 heterocycles. The predicted octanol–water partition coefficient (Wildman–Crippen LogP) is 1.61. The molecule has 3 heteroatoms. The average Bonchev–Trinajstić information content (AvgIpc) is 2.29. The fourth-order valence-corrected chi connectivity index (χ4v) is 2.50. The predicted molar refractivity (Wildman–Crippen MR) is 68.6 cm³/mol. The molecule has 0 saturated carbocycles. The molecule has 0 spiro atoms. The van der Waals surface area contributed by atoms with Crippen molar-refractivity contribution in [2.75, 3.05) is 19.6 Å². The van der Waals surface area contributed by atoms with Gasteiger partial charge in [-0.1, -0.05) is 13.3 Å². The summed E-state index contributed by atoms with van der Waals surface area (Å²) < 4.78 is 0. The highest BCUT2D eigenvalue weighted by atomic mass is 16.3. The molecule has 1 saturated heterocycles. The summed E-state index contributed by atoms with van der Waals surface area (Å²) in [7, 11) is 0. The Balaban J connectivity index is 2.43. The fraction of sp³-hybridized carbons (Fsp3) is 1.00. The Morgan fingerprint density at radius 2 is 2.12 bits per heavy atom. The second-order valence-electron chi connectivity index (χ2n) is 5.07. The van der Waals surface area contributed by atoms with Crippen molar-refractivity contribution in [2.24, 2.45) is 0 Å². The first-order valence-corrected chi connectivity index (χ1v) is 6.81. The molecule has 0 aliphatic carbocycles. The van der Waals surface area contributed by atoms with Gasteiger partial charge < -0.3 is 10.4 Å². The van der Waals surface area contributed by atoms with Crippen LogP contribution in [-0.4, -0.2) is 47.8 Å². The Bertz CT molecular complexity index is 185. The average molecular weight is 228 g/mol. The second kappa shape index (κ2) is 7.25.